The Kier molecular flexibility index (Phi) is 8.78. The minimum atomic E-state index is -0.368. The number of ether oxygens (including phenoxy) is 4. The van der Waals surface area contributed by atoms with E-state index in [1.807, 2.05) is 48.2 Å². The summed E-state index contributed by atoms with van der Waals surface area (Å²) >= 11 is 0. The lowest BCUT2D eigenvalue weighted by atomic mass is 9.87. The zero-order valence-corrected chi connectivity index (χ0v) is 24.2. The predicted octanol–water partition coefficient (Wildman–Crippen LogP) is 3.64. The summed E-state index contributed by atoms with van der Waals surface area (Å²) in [4.78, 5) is 31.3. The lowest BCUT2D eigenvalue weighted by Gasteiger charge is -2.39. The molecular weight excluding hydrogens is 524 g/mol. The van der Waals surface area contributed by atoms with Gasteiger partial charge in [0, 0.05) is 25.8 Å². The molecule has 1 aromatic heterocycles. The number of carbonyl (C=O) groups is 2. The van der Waals surface area contributed by atoms with Crippen molar-refractivity contribution in [1.82, 2.24) is 19.6 Å². The van der Waals surface area contributed by atoms with Crippen LogP contribution in [0.25, 0.3) is 0 Å². The predicted molar refractivity (Wildman–Crippen MR) is 153 cm³/mol. The second-order valence-corrected chi connectivity index (χ2v) is 10.3. The van der Waals surface area contributed by atoms with Gasteiger partial charge >= 0.3 is 0 Å². The molecule has 0 saturated heterocycles. The number of hydrogen-bond acceptors (Lipinski definition) is 7. The lowest BCUT2D eigenvalue weighted by Crippen LogP contribution is -2.47. The monoisotopic (exact) mass is 562 g/mol. The number of methoxy groups -OCH3 is 2. The molecule has 1 unspecified atom stereocenters. The molecule has 0 aliphatic carbocycles. The number of nitrogens with zero attached hydrogens (tertiary/aromatic N) is 4. The molecule has 10 nitrogen and oxygen atoms in total. The Hall–Kier alpha value is -4.05. The first-order valence-electron chi connectivity index (χ1n) is 14.1. The lowest BCUT2D eigenvalue weighted by molar-refractivity contribution is -0.134. The molecule has 6 rings (SSSR count). The Morgan fingerprint density at radius 3 is 2.54 bits per heavy atom. The molecule has 0 spiro atoms. The highest BCUT2D eigenvalue weighted by molar-refractivity contribution is 5.97. The first kappa shape index (κ1) is 28.5. The zero-order valence-electron chi connectivity index (χ0n) is 24.2. The molecule has 2 aromatic carbocycles. The van der Waals surface area contributed by atoms with Crippen LogP contribution < -0.4 is 14.2 Å². The van der Waals surface area contributed by atoms with Gasteiger partial charge in [0.25, 0.3) is 5.91 Å². The summed E-state index contributed by atoms with van der Waals surface area (Å²) in [5.74, 6) is 1.61. The molecule has 3 aromatic rings. The average Bonchev–Trinajstić information content (AvgIpc) is 3.35. The van der Waals surface area contributed by atoms with Crippen LogP contribution in [0.3, 0.4) is 0 Å². The van der Waals surface area contributed by atoms with Gasteiger partial charge < -0.3 is 28.7 Å². The van der Waals surface area contributed by atoms with Crippen LogP contribution in [-0.4, -0.2) is 85.1 Å². The summed E-state index contributed by atoms with van der Waals surface area (Å²) in [6, 6.07) is 11.4. The van der Waals surface area contributed by atoms with Gasteiger partial charge in [0.05, 0.1) is 44.7 Å². The highest BCUT2D eigenvalue weighted by atomic mass is 16.5. The molecule has 3 aliphatic heterocycles. The number of rotatable bonds is 5. The van der Waals surface area contributed by atoms with Crippen LogP contribution in [0.4, 0.5) is 0 Å². The zero-order chi connectivity index (χ0) is 28.9. The smallest absolute Gasteiger partial charge is 0.257 e. The van der Waals surface area contributed by atoms with Crippen molar-refractivity contribution in [2.45, 2.75) is 39.3 Å². The second-order valence-electron chi connectivity index (χ2n) is 10.3. The molecule has 10 heteroatoms. The van der Waals surface area contributed by atoms with Crippen LogP contribution in [-0.2, 0) is 22.5 Å². The van der Waals surface area contributed by atoms with Crippen molar-refractivity contribution in [3.63, 3.8) is 0 Å². The van der Waals surface area contributed by atoms with Crippen molar-refractivity contribution in [2.24, 2.45) is 0 Å². The Labute approximate surface area is 240 Å². The fourth-order valence-electron chi connectivity index (χ4n) is 5.56. The molecule has 41 heavy (non-hydrogen) atoms. The molecule has 1 atom stereocenters. The van der Waals surface area contributed by atoms with E-state index in [9.17, 15) is 9.59 Å². The molecule has 4 heterocycles. The van der Waals surface area contributed by atoms with Crippen molar-refractivity contribution in [3.05, 3.63) is 70.5 Å². The number of aromatic nitrogens is 2. The molecule has 218 valence electrons. The molecule has 0 radical (unpaired) electrons. The highest BCUT2D eigenvalue weighted by Crippen LogP contribution is 2.41. The maximum Gasteiger partial charge on any atom is 0.257 e. The van der Waals surface area contributed by atoms with E-state index in [0.29, 0.717) is 48.9 Å². The maximum absolute atomic E-state index is 14.1. The molecule has 3 aliphatic rings. The summed E-state index contributed by atoms with van der Waals surface area (Å²) in [7, 11) is 3.23. The van der Waals surface area contributed by atoms with Gasteiger partial charge in [0.1, 0.15) is 18.9 Å². The van der Waals surface area contributed by atoms with Gasteiger partial charge in [-0.3, -0.25) is 14.3 Å². The Morgan fingerprint density at radius 1 is 1.05 bits per heavy atom. The maximum atomic E-state index is 14.1. The van der Waals surface area contributed by atoms with Crippen LogP contribution in [0, 0.1) is 6.92 Å². The number of carbonyl (C=O) groups excluding carboxylic acids is 2. The van der Waals surface area contributed by atoms with Crippen LogP contribution in [0.15, 0.2) is 42.6 Å². The van der Waals surface area contributed by atoms with E-state index in [2.05, 4.69) is 12.0 Å². The summed E-state index contributed by atoms with van der Waals surface area (Å²) in [6.07, 6.45) is 3.33. The average molecular weight is 563 g/mol. The van der Waals surface area contributed by atoms with Crippen molar-refractivity contribution in [1.29, 1.82) is 0 Å². The van der Waals surface area contributed by atoms with Gasteiger partial charge in [0.15, 0.2) is 11.5 Å². The molecule has 2 bridgehead atoms. The SMILES string of the molecule is CCCn1cc(C(=O)N2CCOCCOc3ccc(cc3)C3c4cc(OC)c(OC)cc4CCN3C(=O)C2)c(C)n1. The first-order valence-corrected chi connectivity index (χ1v) is 14.1. The largest absolute Gasteiger partial charge is 0.493 e. The van der Waals surface area contributed by atoms with E-state index in [0.717, 1.165) is 35.4 Å². The minimum absolute atomic E-state index is 0.0751. The van der Waals surface area contributed by atoms with Crippen LogP contribution >= 0.6 is 0 Å². The quantitative estimate of drug-likeness (QED) is 0.438. The molecule has 0 N–H and O–H groups in total. The van der Waals surface area contributed by atoms with Crippen molar-refractivity contribution in [2.75, 3.05) is 53.7 Å². The number of benzene rings is 2. The van der Waals surface area contributed by atoms with Crippen LogP contribution in [0.1, 0.15) is 52.1 Å². The van der Waals surface area contributed by atoms with Gasteiger partial charge in [-0.15, -0.1) is 0 Å². The topological polar surface area (TPSA) is 95.4 Å². The van der Waals surface area contributed by atoms with E-state index in [1.165, 1.54) is 0 Å². The Bertz CT molecular complexity index is 1390. The van der Waals surface area contributed by atoms with Gasteiger partial charge in [-0.1, -0.05) is 19.1 Å². The summed E-state index contributed by atoms with van der Waals surface area (Å²) in [6.45, 7) is 6.33. The third kappa shape index (κ3) is 6.02. The summed E-state index contributed by atoms with van der Waals surface area (Å²) in [5.41, 5.74) is 4.15. The number of fused-ring (bicyclic) bond motifs is 11. The molecule has 0 fully saturated rings. The Balaban J connectivity index is 1.52. The summed E-state index contributed by atoms with van der Waals surface area (Å²) in [5, 5.41) is 4.50. The summed E-state index contributed by atoms with van der Waals surface area (Å²) < 4.78 is 24.6. The fraction of sp³-hybridized carbons (Fsp3) is 0.452. The Morgan fingerprint density at radius 2 is 1.80 bits per heavy atom. The van der Waals surface area contributed by atoms with E-state index >= 15 is 0 Å². The fourth-order valence-corrected chi connectivity index (χ4v) is 5.56. The third-order valence-electron chi connectivity index (χ3n) is 7.63. The van der Waals surface area contributed by atoms with Gasteiger partial charge in [0.2, 0.25) is 5.91 Å². The number of aryl methyl sites for hydroxylation is 2. The molecule has 0 saturated carbocycles. The van der Waals surface area contributed by atoms with E-state index in [4.69, 9.17) is 18.9 Å². The van der Waals surface area contributed by atoms with E-state index in [1.54, 1.807) is 30.0 Å². The number of hydrogen-bond donors (Lipinski definition) is 0. The molecular formula is C31H38N4O6. The molecule has 2 amide bonds. The van der Waals surface area contributed by atoms with Crippen molar-refractivity contribution >= 4 is 11.8 Å². The van der Waals surface area contributed by atoms with E-state index < -0.39 is 0 Å². The highest BCUT2D eigenvalue weighted by Gasteiger charge is 2.35. The van der Waals surface area contributed by atoms with Gasteiger partial charge in [-0.05, 0) is 60.7 Å². The van der Waals surface area contributed by atoms with Crippen molar-refractivity contribution < 1.29 is 28.5 Å². The number of amides is 2. The van der Waals surface area contributed by atoms with Crippen molar-refractivity contribution in [3.8, 4) is 17.2 Å². The second kappa shape index (κ2) is 12.6. The van der Waals surface area contributed by atoms with E-state index in [-0.39, 0.29) is 37.6 Å². The third-order valence-corrected chi connectivity index (χ3v) is 7.63. The van der Waals surface area contributed by atoms with Gasteiger partial charge in [-0.25, -0.2) is 0 Å². The normalized spacial score (nSPS) is 17.7. The first-order chi connectivity index (χ1) is 19.9. The van der Waals surface area contributed by atoms with Gasteiger partial charge in [-0.2, -0.15) is 5.10 Å². The van der Waals surface area contributed by atoms with Crippen LogP contribution in [0.5, 0.6) is 17.2 Å². The minimum Gasteiger partial charge on any atom is -0.493 e. The van der Waals surface area contributed by atoms with Crippen LogP contribution in [0.2, 0.25) is 0 Å². The standard InChI is InChI=1S/C31H38N4O6/c1-5-11-34-19-26(21(2)32-34)31(37)33-13-14-40-15-16-41-24-8-6-22(7-9-24)30-25-18-28(39-4)27(38-3)17-23(25)10-12-35(30)29(36)20-33/h6-9,17-19,30H,5,10-16,20H2,1-4H3.